The zero-order chi connectivity index (χ0) is 39.9. The Labute approximate surface area is 323 Å². The second-order valence-corrected chi connectivity index (χ2v) is 21.4. The van der Waals surface area contributed by atoms with Crippen molar-refractivity contribution >= 4 is 55.4 Å². The molecule has 0 atom stereocenters. The van der Waals surface area contributed by atoms with Crippen molar-refractivity contribution in [1.82, 2.24) is 0 Å². The van der Waals surface area contributed by atoms with Gasteiger partial charge in [0, 0.05) is 0 Å². The second-order valence-electron chi connectivity index (χ2n) is 14.3. The van der Waals surface area contributed by atoms with E-state index in [0.717, 1.165) is 94.2 Å². The van der Waals surface area contributed by atoms with Crippen LogP contribution < -0.4 is 0 Å². The summed E-state index contributed by atoms with van der Waals surface area (Å²) >= 11 is -5.51. The van der Waals surface area contributed by atoms with E-state index in [9.17, 15) is 28.8 Å². The van der Waals surface area contributed by atoms with E-state index in [-0.39, 0.29) is 24.3 Å². The Kier molecular flexibility index (Phi) is 29.4. The molecule has 0 spiro atoms. The van der Waals surface area contributed by atoms with Gasteiger partial charge in [-0.15, -0.1) is 0 Å². The summed E-state index contributed by atoms with van der Waals surface area (Å²) in [5.74, 6) is -3.78. The van der Waals surface area contributed by atoms with Crippen LogP contribution in [-0.2, 0) is 52.2 Å². The van der Waals surface area contributed by atoms with Crippen molar-refractivity contribution in [2.75, 3.05) is 19.8 Å². The zero-order valence-electron chi connectivity index (χ0n) is 33.3. The molecule has 0 rings (SSSR count). The van der Waals surface area contributed by atoms with Gasteiger partial charge in [0.2, 0.25) is 0 Å². The molecule has 0 saturated heterocycles. The minimum Gasteiger partial charge on any atom is -0.0628 e. The number of carbonyl (C=O) groups excluding carboxylic acids is 6. The van der Waals surface area contributed by atoms with Crippen LogP contribution in [0.1, 0.15) is 138 Å². The number of unbranched alkanes of at least 4 members (excludes halogenated alkanes) is 7. The molecule has 13 heteroatoms. The second kappa shape index (κ2) is 31.2. The monoisotopic (exact) mass is 858 g/mol. The molecular formula is C40H66O12Sn. The molecule has 0 N–H and O–H groups in total. The number of hydrogen-bond acceptors (Lipinski definition) is 12. The molecule has 302 valence electrons. The van der Waals surface area contributed by atoms with Crippen molar-refractivity contribution in [3.05, 3.63) is 36.5 Å². The SMILES string of the molecule is CCC[CH2][Sn]([O]C(=O)/C=C\C(=O)OCCCCCC(C)C)([O]C(=O)/C=C\C(=O)OCCCCCC(C)C)[O]C(=O)/C=C\C(=O)OCCCCCC(C)C. The molecule has 53 heavy (non-hydrogen) atoms. The van der Waals surface area contributed by atoms with Gasteiger partial charge in [-0.25, -0.2) is 0 Å². The van der Waals surface area contributed by atoms with Gasteiger partial charge >= 0.3 is 283 Å². The smallest absolute Gasteiger partial charge is 0.0628 e. The van der Waals surface area contributed by atoms with Gasteiger partial charge < -0.3 is 0 Å². The first-order valence-electron chi connectivity index (χ1n) is 19.4. The molecule has 12 nitrogen and oxygen atoms in total. The molecule has 0 aromatic heterocycles. The zero-order valence-corrected chi connectivity index (χ0v) is 36.2. The molecule has 0 aromatic rings. The van der Waals surface area contributed by atoms with Crippen LogP contribution in [0, 0.1) is 17.8 Å². The summed E-state index contributed by atoms with van der Waals surface area (Å²) in [7, 11) is 0. The van der Waals surface area contributed by atoms with Gasteiger partial charge in [-0.2, -0.15) is 0 Å². The fourth-order valence-electron chi connectivity index (χ4n) is 4.74. The van der Waals surface area contributed by atoms with E-state index in [0.29, 0.717) is 49.9 Å². The van der Waals surface area contributed by atoms with Crippen molar-refractivity contribution in [2.45, 2.75) is 143 Å². The molecule has 0 aliphatic heterocycles. The van der Waals surface area contributed by atoms with Crippen molar-refractivity contribution in [1.29, 1.82) is 0 Å². The Hall–Kier alpha value is -3.16. The average molecular weight is 858 g/mol. The maximum atomic E-state index is 12.9. The third kappa shape index (κ3) is 30.9. The molecule has 0 heterocycles. The topological polar surface area (TPSA) is 158 Å². The molecule has 0 saturated carbocycles. The summed E-state index contributed by atoms with van der Waals surface area (Å²) in [6, 6.07) is 0. The summed E-state index contributed by atoms with van der Waals surface area (Å²) in [5, 5.41) is 0. The van der Waals surface area contributed by atoms with E-state index in [4.69, 9.17) is 23.4 Å². The summed E-state index contributed by atoms with van der Waals surface area (Å²) < 4.78 is 32.0. The van der Waals surface area contributed by atoms with Crippen LogP contribution in [0.2, 0.25) is 4.44 Å². The Morgan fingerprint density at radius 1 is 0.415 bits per heavy atom. The van der Waals surface area contributed by atoms with Crippen LogP contribution in [0.15, 0.2) is 36.5 Å². The molecule has 0 radical (unpaired) electrons. The molecule has 0 unspecified atom stereocenters. The van der Waals surface area contributed by atoms with Gasteiger partial charge in [0.15, 0.2) is 0 Å². The van der Waals surface area contributed by atoms with Crippen LogP contribution in [0.25, 0.3) is 0 Å². The van der Waals surface area contributed by atoms with E-state index in [2.05, 4.69) is 41.5 Å². The Morgan fingerprint density at radius 2 is 0.698 bits per heavy atom. The van der Waals surface area contributed by atoms with Crippen LogP contribution in [0.5, 0.6) is 0 Å². The van der Waals surface area contributed by atoms with Gasteiger partial charge in [0.25, 0.3) is 0 Å². The van der Waals surface area contributed by atoms with Gasteiger partial charge in [0.1, 0.15) is 0 Å². The van der Waals surface area contributed by atoms with E-state index >= 15 is 0 Å². The Morgan fingerprint density at radius 3 is 0.962 bits per heavy atom. The van der Waals surface area contributed by atoms with Crippen LogP contribution in [0.4, 0.5) is 0 Å². The summed E-state index contributed by atoms with van der Waals surface area (Å²) in [4.78, 5) is 75.4. The molecule has 0 aromatic carbocycles. The Bertz CT molecular complexity index is 1040. The molecule has 0 aliphatic rings. The van der Waals surface area contributed by atoms with E-state index < -0.39 is 55.4 Å². The number of esters is 3. The first-order chi connectivity index (χ1) is 25.2. The minimum absolute atomic E-state index is 0.0909. The average Bonchev–Trinajstić information content (AvgIpc) is 3.08. The van der Waals surface area contributed by atoms with Gasteiger partial charge in [-0.05, 0) is 0 Å². The summed E-state index contributed by atoms with van der Waals surface area (Å²) in [6.45, 7) is 15.2. The first kappa shape index (κ1) is 49.8. The van der Waals surface area contributed by atoms with Gasteiger partial charge in [-0.1, -0.05) is 41.5 Å². The molecule has 0 bridgehead atoms. The van der Waals surface area contributed by atoms with Crippen molar-refractivity contribution in [3.8, 4) is 0 Å². The normalized spacial score (nSPS) is 11.9. The predicted octanol–water partition coefficient (Wildman–Crippen LogP) is 8.30. The van der Waals surface area contributed by atoms with Crippen molar-refractivity contribution < 1.29 is 52.2 Å². The summed E-state index contributed by atoms with van der Waals surface area (Å²) in [5.41, 5.74) is 0. The van der Waals surface area contributed by atoms with Crippen molar-refractivity contribution in [2.24, 2.45) is 17.8 Å². The fourth-order valence-corrected chi connectivity index (χ4v) is 11.4. The van der Waals surface area contributed by atoms with E-state index in [1.54, 1.807) is 0 Å². The third-order valence-corrected chi connectivity index (χ3v) is 14.8. The van der Waals surface area contributed by atoms with Gasteiger partial charge in [0.05, 0.1) is 0 Å². The maximum absolute atomic E-state index is 12.9. The van der Waals surface area contributed by atoms with E-state index in [1.165, 1.54) is 0 Å². The number of ether oxygens (including phenoxy) is 3. The molecule has 0 amide bonds. The summed E-state index contributed by atoms with van der Waals surface area (Å²) in [6.07, 6.45) is 17.0. The number of carbonyl (C=O) groups is 6. The number of hydrogen-bond donors (Lipinski definition) is 0. The standard InChI is InChI=1S/3C12H20O4.C4H9.Sn/c3*1-10(2)6-4-3-5-9-16-12(15)8-7-11(13)14;1-3-4-2;/h3*7-8,10H,3-6,9H2,1-2H3,(H,13,14);1,3-4H2,2H3;/q;;;;+3/p-3/b3*8-7-;;. The minimum atomic E-state index is -5.51. The van der Waals surface area contributed by atoms with Crippen molar-refractivity contribution in [3.63, 3.8) is 0 Å². The van der Waals surface area contributed by atoms with Crippen LogP contribution in [-0.4, -0.2) is 75.3 Å². The Balaban J connectivity index is 5.63. The number of rotatable bonds is 30. The van der Waals surface area contributed by atoms with Crippen LogP contribution >= 0.6 is 0 Å². The van der Waals surface area contributed by atoms with E-state index in [1.807, 2.05) is 6.92 Å². The van der Waals surface area contributed by atoms with Gasteiger partial charge in [-0.3, -0.25) is 0 Å². The molecular weight excluding hydrogens is 791 g/mol. The first-order valence-corrected chi connectivity index (χ1v) is 24.9. The van der Waals surface area contributed by atoms with Crippen LogP contribution in [0.3, 0.4) is 0 Å². The third-order valence-electron chi connectivity index (χ3n) is 7.68. The molecule has 0 fully saturated rings. The molecule has 0 aliphatic carbocycles. The predicted molar refractivity (Wildman–Crippen MR) is 204 cm³/mol. The quantitative estimate of drug-likeness (QED) is 0.0224. The fraction of sp³-hybridized carbons (Fsp3) is 0.700.